The van der Waals surface area contributed by atoms with E-state index in [1.807, 2.05) is 44.2 Å². The van der Waals surface area contributed by atoms with Crippen LogP contribution in [0.5, 0.6) is 0 Å². The summed E-state index contributed by atoms with van der Waals surface area (Å²) in [7, 11) is 0. The van der Waals surface area contributed by atoms with Crippen molar-refractivity contribution in [2.75, 3.05) is 0 Å². The quantitative estimate of drug-likeness (QED) is 0.725. The lowest BCUT2D eigenvalue weighted by atomic mass is 10.1. The highest BCUT2D eigenvalue weighted by atomic mass is 16.5. The Hall–Kier alpha value is -2.96. The number of nitrogens with one attached hydrogen (secondary N) is 2. The fraction of sp³-hybridized carbons (Fsp3) is 0.294. The Balaban J connectivity index is 1.51. The number of aromatic amines is 1. The Morgan fingerprint density at radius 1 is 1.25 bits per heavy atom. The van der Waals surface area contributed by atoms with E-state index in [1.54, 1.807) is 0 Å². The molecule has 0 fully saturated rings. The van der Waals surface area contributed by atoms with Crippen LogP contribution >= 0.6 is 0 Å². The number of aryl methyl sites for hydroxylation is 2. The van der Waals surface area contributed by atoms with Gasteiger partial charge in [0.15, 0.2) is 0 Å². The van der Waals surface area contributed by atoms with Crippen LogP contribution in [0.1, 0.15) is 29.3 Å². The van der Waals surface area contributed by atoms with E-state index in [0.717, 1.165) is 22.5 Å². The first-order valence-corrected chi connectivity index (χ1v) is 7.78. The number of carbonyl (C=O) groups is 1. The highest BCUT2D eigenvalue weighted by Crippen LogP contribution is 2.15. The number of hydrogen-bond acceptors (Lipinski definition) is 5. The summed E-state index contributed by atoms with van der Waals surface area (Å²) in [4.78, 5) is 16.3. The predicted octanol–water partition coefficient (Wildman–Crippen LogP) is 2.33. The monoisotopic (exact) mass is 325 g/mol. The Kier molecular flexibility index (Phi) is 4.69. The molecular weight excluding hydrogens is 306 g/mol. The van der Waals surface area contributed by atoms with Crippen molar-refractivity contribution in [3.05, 3.63) is 53.2 Å². The van der Waals surface area contributed by atoms with E-state index in [9.17, 15) is 4.79 Å². The fourth-order valence-electron chi connectivity index (χ4n) is 2.47. The van der Waals surface area contributed by atoms with Gasteiger partial charge in [-0.3, -0.25) is 9.89 Å². The Morgan fingerprint density at radius 2 is 2.04 bits per heavy atom. The molecular formula is C17H19N5O2. The van der Waals surface area contributed by atoms with Gasteiger partial charge in [-0.2, -0.15) is 10.1 Å². The predicted molar refractivity (Wildman–Crippen MR) is 88.0 cm³/mol. The molecule has 1 aromatic carbocycles. The van der Waals surface area contributed by atoms with Crippen LogP contribution < -0.4 is 5.32 Å². The summed E-state index contributed by atoms with van der Waals surface area (Å²) in [6.07, 6.45) is 1.04. The van der Waals surface area contributed by atoms with E-state index in [0.29, 0.717) is 24.6 Å². The van der Waals surface area contributed by atoms with E-state index < -0.39 is 0 Å². The van der Waals surface area contributed by atoms with Crippen molar-refractivity contribution in [2.24, 2.45) is 0 Å². The smallest absolute Gasteiger partial charge is 0.246 e. The highest BCUT2D eigenvalue weighted by Gasteiger charge is 2.11. The van der Waals surface area contributed by atoms with Crippen LogP contribution in [-0.2, 0) is 17.8 Å². The topological polar surface area (TPSA) is 96.7 Å². The van der Waals surface area contributed by atoms with Crippen LogP contribution in [0.3, 0.4) is 0 Å². The zero-order valence-electron chi connectivity index (χ0n) is 13.7. The van der Waals surface area contributed by atoms with Gasteiger partial charge in [0.25, 0.3) is 0 Å². The zero-order valence-corrected chi connectivity index (χ0v) is 13.7. The molecule has 0 aliphatic heterocycles. The van der Waals surface area contributed by atoms with Crippen molar-refractivity contribution < 1.29 is 9.32 Å². The molecule has 0 radical (unpaired) electrons. The second-order valence-electron chi connectivity index (χ2n) is 5.57. The van der Waals surface area contributed by atoms with Gasteiger partial charge in [-0.1, -0.05) is 35.5 Å². The van der Waals surface area contributed by atoms with Crippen LogP contribution in [0.25, 0.3) is 11.4 Å². The zero-order chi connectivity index (χ0) is 16.9. The van der Waals surface area contributed by atoms with E-state index in [-0.39, 0.29) is 12.5 Å². The molecule has 7 nitrogen and oxygen atoms in total. The van der Waals surface area contributed by atoms with Gasteiger partial charge in [0.1, 0.15) is 0 Å². The molecule has 3 rings (SSSR count). The molecule has 24 heavy (non-hydrogen) atoms. The van der Waals surface area contributed by atoms with Crippen molar-refractivity contribution in [1.29, 1.82) is 0 Å². The van der Waals surface area contributed by atoms with Gasteiger partial charge in [0.2, 0.25) is 17.6 Å². The van der Waals surface area contributed by atoms with E-state index in [2.05, 4.69) is 25.7 Å². The molecule has 0 bridgehead atoms. The first kappa shape index (κ1) is 15.9. The molecule has 2 heterocycles. The number of carbonyl (C=O) groups excluding carboxylic acids is 1. The number of benzene rings is 1. The lowest BCUT2D eigenvalue weighted by Crippen LogP contribution is -2.23. The second kappa shape index (κ2) is 7.08. The first-order chi connectivity index (χ1) is 11.6. The molecule has 0 aliphatic rings. The Bertz CT molecular complexity index is 803. The maximum atomic E-state index is 12.0. The summed E-state index contributed by atoms with van der Waals surface area (Å²) in [6.45, 7) is 4.11. The maximum Gasteiger partial charge on any atom is 0.246 e. The van der Waals surface area contributed by atoms with Crippen LogP contribution in [-0.4, -0.2) is 26.2 Å². The van der Waals surface area contributed by atoms with E-state index in [4.69, 9.17) is 4.52 Å². The fourth-order valence-corrected chi connectivity index (χ4v) is 2.47. The molecule has 0 atom stereocenters. The average molecular weight is 325 g/mol. The summed E-state index contributed by atoms with van der Waals surface area (Å²) in [6, 6.07) is 9.56. The van der Waals surface area contributed by atoms with E-state index in [1.165, 1.54) is 0 Å². The van der Waals surface area contributed by atoms with Gasteiger partial charge in [0.05, 0.1) is 12.2 Å². The van der Waals surface area contributed by atoms with Crippen molar-refractivity contribution >= 4 is 5.91 Å². The molecule has 0 saturated carbocycles. The van der Waals surface area contributed by atoms with Gasteiger partial charge >= 0.3 is 0 Å². The summed E-state index contributed by atoms with van der Waals surface area (Å²) in [5, 5.41) is 13.8. The number of nitrogens with zero attached hydrogens (tertiary/aromatic N) is 3. The van der Waals surface area contributed by atoms with Crippen molar-refractivity contribution in [1.82, 2.24) is 25.7 Å². The molecule has 0 unspecified atom stereocenters. The third-order valence-electron chi connectivity index (χ3n) is 3.82. The Labute approximate surface area is 139 Å². The SMILES string of the molecule is Cc1n[nH]c(C)c1CCC(=O)NCc1nc(-c2ccccc2)no1. The average Bonchev–Trinajstić information content (AvgIpc) is 3.19. The maximum absolute atomic E-state index is 12.0. The second-order valence-corrected chi connectivity index (χ2v) is 5.57. The lowest BCUT2D eigenvalue weighted by Gasteiger charge is -2.03. The van der Waals surface area contributed by atoms with Crippen LogP contribution in [0, 0.1) is 13.8 Å². The summed E-state index contributed by atoms with van der Waals surface area (Å²) in [5.41, 5.74) is 3.91. The van der Waals surface area contributed by atoms with Crippen LogP contribution in [0.15, 0.2) is 34.9 Å². The molecule has 1 amide bonds. The minimum absolute atomic E-state index is 0.0607. The lowest BCUT2D eigenvalue weighted by molar-refractivity contribution is -0.121. The molecule has 0 saturated heterocycles. The van der Waals surface area contributed by atoms with Gasteiger partial charge in [0, 0.05) is 17.7 Å². The summed E-state index contributed by atoms with van der Waals surface area (Å²) in [5.74, 6) is 0.844. The Morgan fingerprint density at radius 3 is 2.75 bits per heavy atom. The molecule has 124 valence electrons. The molecule has 0 spiro atoms. The molecule has 3 aromatic rings. The minimum Gasteiger partial charge on any atom is -0.347 e. The van der Waals surface area contributed by atoms with E-state index >= 15 is 0 Å². The summed E-state index contributed by atoms with van der Waals surface area (Å²) >= 11 is 0. The van der Waals surface area contributed by atoms with Crippen molar-refractivity contribution in [3.63, 3.8) is 0 Å². The molecule has 7 heteroatoms. The molecule has 2 N–H and O–H groups in total. The third kappa shape index (κ3) is 3.68. The van der Waals surface area contributed by atoms with Gasteiger partial charge in [-0.05, 0) is 25.8 Å². The standard InChI is InChI=1S/C17H19N5O2/c1-11-14(12(2)21-20-11)8-9-15(23)18-10-16-19-17(22-24-16)13-6-4-3-5-7-13/h3-7H,8-10H2,1-2H3,(H,18,23)(H,20,21). The number of H-pyrrole nitrogens is 1. The van der Waals surface area contributed by atoms with Crippen molar-refractivity contribution in [2.45, 2.75) is 33.2 Å². The largest absolute Gasteiger partial charge is 0.347 e. The third-order valence-corrected chi connectivity index (χ3v) is 3.82. The van der Waals surface area contributed by atoms with Crippen molar-refractivity contribution in [3.8, 4) is 11.4 Å². The minimum atomic E-state index is -0.0607. The van der Waals surface area contributed by atoms with Gasteiger partial charge in [-0.15, -0.1) is 0 Å². The normalized spacial score (nSPS) is 10.8. The van der Waals surface area contributed by atoms with Crippen LogP contribution in [0.4, 0.5) is 0 Å². The number of rotatable bonds is 6. The number of aromatic nitrogens is 4. The summed E-state index contributed by atoms with van der Waals surface area (Å²) < 4.78 is 5.17. The number of hydrogen-bond donors (Lipinski definition) is 2. The first-order valence-electron chi connectivity index (χ1n) is 7.78. The molecule has 2 aromatic heterocycles. The van der Waals surface area contributed by atoms with Gasteiger partial charge in [-0.25, -0.2) is 0 Å². The molecule has 0 aliphatic carbocycles. The van der Waals surface area contributed by atoms with Gasteiger partial charge < -0.3 is 9.84 Å². The highest BCUT2D eigenvalue weighted by molar-refractivity contribution is 5.76. The van der Waals surface area contributed by atoms with Crippen LogP contribution in [0.2, 0.25) is 0 Å². The number of amides is 1.